The Balaban J connectivity index is 2.44. The van der Waals surface area contributed by atoms with Crippen LogP contribution in [0.5, 0.6) is 0 Å². The summed E-state index contributed by atoms with van der Waals surface area (Å²) in [5.74, 6) is -6.37. The van der Waals surface area contributed by atoms with Crippen LogP contribution in [0.4, 0.5) is 13.2 Å². The molecule has 1 aliphatic heterocycles. The Bertz CT molecular complexity index is 687. The van der Waals surface area contributed by atoms with E-state index in [1.165, 1.54) is 11.8 Å². The molecule has 0 aliphatic carbocycles. The van der Waals surface area contributed by atoms with E-state index in [2.05, 4.69) is 0 Å². The summed E-state index contributed by atoms with van der Waals surface area (Å²) in [7, 11) is -4.64. The van der Waals surface area contributed by atoms with Crippen molar-refractivity contribution in [3.8, 4) is 0 Å². The third kappa shape index (κ3) is 2.87. The van der Waals surface area contributed by atoms with Gasteiger partial charge in [-0.1, -0.05) is 0 Å². The summed E-state index contributed by atoms with van der Waals surface area (Å²) in [5.41, 5.74) is -1.78. The molecule has 116 valence electrons. The fourth-order valence-electron chi connectivity index (χ4n) is 1.89. The normalized spacial score (nSPS) is 22.4. The van der Waals surface area contributed by atoms with Gasteiger partial charge in [0.1, 0.15) is 10.4 Å². The first-order valence-electron chi connectivity index (χ1n) is 5.68. The first-order chi connectivity index (χ1) is 9.69. The number of hydrogen-bond acceptors (Lipinski definition) is 4. The molecule has 2 N–H and O–H groups in total. The minimum absolute atomic E-state index is 0.0114. The SMILES string of the molecule is O=C(O)C1(NS(=O)(=O)c2ccc(F)c(F)c2F)CCSC1. The van der Waals surface area contributed by atoms with Gasteiger partial charge in [0.15, 0.2) is 17.5 Å². The predicted octanol–water partition coefficient (Wildman–Crippen LogP) is 1.34. The highest BCUT2D eigenvalue weighted by Gasteiger charge is 2.46. The Kier molecular flexibility index (Phi) is 4.22. The van der Waals surface area contributed by atoms with Crippen LogP contribution in [0.2, 0.25) is 0 Å². The van der Waals surface area contributed by atoms with E-state index in [-0.39, 0.29) is 12.2 Å². The lowest BCUT2D eigenvalue weighted by molar-refractivity contribution is -0.142. The molecule has 0 bridgehead atoms. The molecule has 1 aromatic carbocycles. The van der Waals surface area contributed by atoms with E-state index in [9.17, 15) is 31.5 Å². The van der Waals surface area contributed by atoms with Crippen molar-refractivity contribution in [2.45, 2.75) is 16.9 Å². The fraction of sp³-hybridized carbons (Fsp3) is 0.364. The summed E-state index contributed by atoms with van der Waals surface area (Å²) in [6.45, 7) is 0. The summed E-state index contributed by atoms with van der Waals surface area (Å²) < 4.78 is 65.6. The second kappa shape index (κ2) is 5.50. The van der Waals surface area contributed by atoms with Crippen molar-refractivity contribution < 1.29 is 31.5 Å². The minimum Gasteiger partial charge on any atom is -0.480 e. The number of nitrogens with one attached hydrogen (secondary N) is 1. The van der Waals surface area contributed by atoms with Crippen LogP contribution in [0, 0.1) is 17.5 Å². The Morgan fingerprint density at radius 3 is 2.48 bits per heavy atom. The molecule has 1 aliphatic rings. The first kappa shape index (κ1) is 16.1. The van der Waals surface area contributed by atoms with Crippen LogP contribution in [-0.4, -0.2) is 36.5 Å². The number of rotatable bonds is 4. The molecular formula is C11H10F3NO4S2. The van der Waals surface area contributed by atoms with E-state index in [0.717, 1.165) is 0 Å². The number of thioether (sulfide) groups is 1. The smallest absolute Gasteiger partial charge is 0.325 e. The van der Waals surface area contributed by atoms with Crippen molar-refractivity contribution in [2.24, 2.45) is 0 Å². The highest BCUT2D eigenvalue weighted by Crippen LogP contribution is 2.30. The van der Waals surface area contributed by atoms with Crippen LogP contribution in [0.25, 0.3) is 0 Å². The quantitative estimate of drug-likeness (QED) is 0.808. The largest absolute Gasteiger partial charge is 0.480 e. The van der Waals surface area contributed by atoms with Gasteiger partial charge in [-0.05, 0) is 24.3 Å². The molecule has 0 spiro atoms. The third-order valence-corrected chi connectivity index (χ3v) is 5.79. The van der Waals surface area contributed by atoms with Crippen LogP contribution in [0.15, 0.2) is 17.0 Å². The number of aliphatic carboxylic acids is 1. The molecule has 5 nitrogen and oxygen atoms in total. The number of hydrogen-bond donors (Lipinski definition) is 2. The molecular weight excluding hydrogens is 331 g/mol. The molecule has 10 heteroatoms. The molecule has 0 aromatic heterocycles. The van der Waals surface area contributed by atoms with Crippen molar-refractivity contribution in [3.05, 3.63) is 29.6 Å². The topological polar surface area (TPSA) is 83.5 Å². The highest BCUT2D eigenvalue weighted by atomic mass is 32.2. The van der Waals surface area contributed by atoms with Crippen LogP contribution in [0.1, 0.15) is 6.42 Å². The molecule has 1 aromatic rings. The maximum Gasteiger partial charge on any atom is 0.325 e. The molecule has 0 amide bonds. The van der Waals surface area contributed by atoms with E-state index in [1.807, 2.05) is 4.72 Å². The number of carbonyl (C=O) groups is 1. The lowest BCUT2D eigenvalue weighted by Gasteiger charge is -2.24. The minimum atomic E-state index is -4.64. The van der Waals surface area contributed by atoms with Crippen molar-refractivity contribution in [2.75, 3.05) is 11.5 Å². The zero-order chi connectivity index (χ0) is 15.8. The number of sulfonamides is 1. The Hall–Kier alpha value is -1.26. The molecule has 1 atom stereocenters. The van der Waals surface area contributed by atoms with Crippen molar-refractivity contribution in [1.82, 2.24) is 4.72 Å². The van der Waals surface area contributed by atoms with Gasteiger partial charge in [0.2, 0.25) is 10.0 Å². The molecule has 21 heavy (non-hydrogen) atoms. The molecule has 1 fully saturated rings. The molecule has 1 unspecified atom stereocenters. The molecule has 1 heterocycles. The van der Waals surface area contributed by atoms with E-state index in [0.29, 0.717) is 17.9 Å². The average molecular weight is 341 g/mol. The van der Waals surface area contributed by atoms with Gasteiger partial charge >= 0.3 is 5.97 Å². The Labute approximate surface area is 122 Å². The Morgan fingerprint density at radius 2 is 1.95 bits per heavy atom. The monoisotopic (exact) mass is 341 g/mol. The lowest BCUT2D eigenvalue weighted by Crippen LogP contribution is -2.54. The molecule has 0 radical (unpaired) electrons. The maximum absolute atomic E-state index is 13.6. The summed E-state index contributed by atoms with van der Waals surface area (Å²) in [5, 5.41) is 9.17. The molecule has 2 rings (SSSR count). The summed E-state index contributed by atoms with van der Waals surface area (Å²) in [6, 6.07) is 1.01. The Morgan fingerprint density at radius 1 is 1.29 bits per heavy atom. The van der Waals surface area contributed by atoms with Crippen LogP contribution in [0.3, 0.4) is 0 Å². The fourth-order valence-corrected chi connectivity index (χ4v) is 4.76. The van der Waals surface area contributed by atoms with Gasteiger partial charge in [0, 0.05) is 5.75 Å². The highest BCUT2D eigenvalue weighted by molar-refractivity contribution is 7.99. The number of benzene rings is 1. The van der Waals surface area contributed by atoms with Gasteiger partial charge in [-0.2, -0.15) is 16.5 Å². The van der Waals surface area contributed by atoms with Gasteiger partial charge in [-0.15, -0.1) is 0 Å². The average Bonchev–Trinajstić information content (AvgIpc) is 2.84. The standard InChI is InChI=1S/C11H10F3NO4S2/c12-6-1-2-7(9(14)8(6)13)21(18,19)15-11(10(16)17)3-4-20-5-11/h1-2,15H,3-5H2,(H,16,17). The second-order valence-electron chi connectivity index (χ2n) is 4.47. The van der Waals surface area contributed by atoms with Gasteiger partial charge in [-0.25, -0.2) is 21.6 Å². The van der Waals surface area contributed by atoms with Gasteiger partial charge in [0.25, 0.3) is 0 Å². The lowest BCUT2D eigenvalue weighted by atomic mass is 10.0. The third-order valence-electron chi connectivity index (χ3n) is 3.05. The number of carboxylic acids is 1. The summed E-state index contributed by atoms with van der Waals surface area (Å²) in [4.78, 5) is 10.1. The second-order valence-corrected chi connectivity index (χ2v) is 7.22. The molecule has 1 saturated heterocycles. The first-order valence-corrected chi connectivity index (χ1v) is 8.32. The predicted molar refractivity (Wildman–Crippen MR) is 68.9 cm³/mol. The summed E-state index contributed by atoms with van der Waals surface area (Å²) in [6.07, 6.45) is 0.0114. The van der Waals surface area contributed by atoms with E-state index in [4.69, 9.17) is 0 Å². The van der Waals surface area contributed by atoms with Crippen LogP contribution >= 0.6 is 11.8 Å². The van der Waals surface area contributed by atoms with Gasteiger partial charge < -0.3 is 5.11 Å². The van der Waals surface area contributed by atoms with Crippen LogP contribution < -0.4 is 4.72 Å². The molecule has 0 saturated carbocycles. The number of carboxylic acid groups (broad SMARTS) is 1. The van der Waals surface area contributed by atoms with Crippen molar-refractivity contribution in [3.63, 3.8) is 0 Å². The van der Waals surface area contributed by atoms with E-state index in [1.54, 1.807) is 0 Å². The van der Waals surface area contributed by atoms with Gasteiger partial charge in [-0.3, -0.25) is 4.79 Å². The van der Waals surface area contributed by atoms with Crippen molar-refractivity contribution >= 4 is 27.8 Å². The van der Waals surface area contributed by atoms with Crippen molar-refractivity contribution in [1.29, 1.82) is 0 Å². The van der Waals surface area contributed by atoms with E-state index < -0.39 is 43.9 Å². The van der Waals surface area contributed by atoms with E-state index >= 15 is 0 Å². The zero-order valence-corrected chi connectivity index (χ0v) is 12.0. The summed E-state index contributed by atoms with van der Waals surface area (Å²) >= 11 is 1.22. The maximum atomic E-state index is 13.6. The number of halogens is 3. The zero-order valence-electron chi connectivity index (χ0n) is 10.4. The van der Waals surface area contributed by atoms with Gasteiger partial charge in [0.05, 0.1) is 0 Å². The van der Waals surface area contributed by atoms with Crippen LogP contribution in [-0.2, 0) is 14.8 Å².